The van der Waals surface area contributed by atoms with Gasteiger partial charge in [0.1, 0.15) is 5.82 Å². The second-order valence-corrected chi connectivity index (χ2v) is 9.09. The van der Waals surface area contributed by atoms with Crippen molar-refractivity contribution in [3.8, 4) is 0 Å². The molecule has 28 heavy (non-hydrogen) atoms. The quantitative estimate of drug-likeness (QED) is 0.589. The fourth-order valence-electron chi connectivity index (χ4n) is 3.90. The monoisotopic (exact) mass is 438 g/mol. The van der Waals surface area contributed by atoms with Gasteiger partial charge in [-0.05, 0) is 50.1 Å². The first-order valence-corrected chi connectivity index (χ1v) is 10.6. The van der Waals surface area contributed by atoms with Gasteiger partial charge in [0, 0.05) is 52.6 Å². The van der Waals surface area contributed by atoms with E-state index in [9.17, 15) is 0 Å². The highest BCUT2D eigenvalue weighted by molar-refractivity contribution is 9.10. The average Bonchev–Trinajstić information content (AvgIpc) is 3.45. The van der Waals surface area contributed by atoms with Crippen molar-refractivity contribution in [3.05, 3.63) is 58.7 Å². The molecule has 4 heterocycles. The van der Waals surface area contributed by atoms with Crippen LogP contribution in [0.25, 0.3) is 10.9 Å². The third-order valence-electron chi connectivity index (χ3n) is 5.65. The van der Waals surface area contributed by atoms with E-state index in [1.165, 1.54) is 23.9 Å². The highest BCUT2D eigenvalue weighted by Crippen LogP contribution is 2.42. The van der Waals surface area contributed by atoms with Crippen molar-refractivity contribution >= 4 is 32.5 Å². The maximum absolute atomic E-state index is 5.32. The fraction of sp³-hybridized carbons (Fsp3) is 0.409. The predicted molar refractivity (Wildman–Crippen MR) is 114 cm³/mol. The minimum atomic E-state index is 0.449. The van der Waals surface area contributed by atoms with E-state index in [0.717, 1.165) is 47.8 Å². The van der Waals surface area contributed by atoms with Gasteiger partial charge >= 0.3 is 0 Å². The van der Waals surface area contributed by atoms with Crippen molar-refractivity contribution in [2.45, 2.75) is 25.7 Å². The lowest BCUT2D eigenvalue weighted by molar-refractivity contribution is -0.126. The van der Waals surface area contributed by atoms with E-state index in [4.69, 9.17) is 4.74 Å². The van der Waals surface area contributed by atoms with Crippen LogP contribution >= 0.6 is 15.9 Å². The van der Waals surface area contributed by atoms with Crippen LogP contribution in [-0.2, 0) is 4.74 Å². The van der Waals surface area contributed by atoms with Gasteiger partial charge in [0.25, 0.3) is 0 Å². The molecule has 5 nitrogen and oxygen atoms in total. The molecule has 0 amide bonds. The lowest BCUT2D eigenvalue weighted by Gasteiger charge is -2.56. The molecule has 3 aromatic rings. The molecular formula is C22H23BrN4O. The highest BCUT2D eigenvalue weighted by atomic mass is 79.9. The molecule has 0 unspecified atom stereocenters. The molecule has 6 heteroatoms. The first-order chi connectivity index (χ1) is 13.6. The number of nitrogens with zero attached hydrogens (tertiary/aromatic N) is 4. The standard InChI is InChI=1S/C14H13BrN2O.C8H10N2/c15-10-1-2-11-12(5-10)16-4-3-13(11)17-6-14(7-17)8-18-9-14;1-6-4-5-9-8(10-6)7-2-3-7/h1-5H,6-9H2;4-5,7H,2-3H2,1H3. The molecule has 1 aromatic carbocycles. The SMILES string of the molecule is Brc1ccc2c(N3CC4(COC4)C3)ccnc2c1.Cc1ccnc(C2CC2)n1. The molecule has 1 spiro atoms. The Kier molecular flexibility index (Phi) is 4.56. The molecule has 0 atom stereocenters. The lowest BCUT2D eigenvalue weighted by Crippen LogP contribution is -2.66. The summed E-state index contributed by atoms with van der Waals surface area (Å²) >= 11 is 3.49. The number of rotatable bonds is 2. The number of anilines is 1. The van der Waals surface area contributed by atoms with Crippen LogP contribution in [0.3, 0.4) is 0 Å². The Hall–Kier alpha value is -2.05. The summed E-state index contributed by atoms with van der Waals surface area (Å²) in [5, 5.41) is 1.23. The van der Waals surface area contributed by atoms with E-state index in [0.29, 0.717) is 11.3 Å². The Morgan fingerprint density at radius 3 is 2.54 bits per heavy atom. The van der Waals surface area contributed by atoms with Gasteiger partial charge in [-0.1, -0.05) is 15.9 Å². The van der Waals surface area contributed by atoms with Crippen molar-refractivity contribution in [3.63, 3.8) is 0 Å². The maximum atomic E-state index is 5.32. The molecule has 3 fully saturated rings. The van der Waals surface area contributed by atoms with Crippen molar-refractivity contribution in [1.82, 2.24) is 15.0 Å². The van der Waals surface area contributed by atoms with E-state index in [1.54, 1.807) is 0 Å². The molecule has 2 aliphatic heterocycles. The highest BCUT2D eigenvalue weighted by Gasteiger charge is 2.49. The second kappa shape index (κ2) is 7.08. The van der Waals surface area contributed by atoms with E-state index in [-0.39, 0.29) is 0 Å². The van der Waals surface area contributed by atoms with Crippen LogP contribution < -0.4 is 4.90 Å². The topological polar surface area (TPSA) is 51.1 Å². The minimum Gasteiger partial charge on any atom is -0.380 e. The van der Waals surface area contributed by atoms with Crippen molar-refractivity contribution in [1.29, 1.82) is 0 Å². The van der Waals surface area contributed by atoms with Gasteiger partial charge in [0.15, 0.2) is 0 Å². The summed E-state index contributed by atoms with van der Waals surface area (Å²) in [6.07, 6.45) is 6.30. The second-order valence-electron chi connectivity index (χ2n) is 8.17. The van der Waals surface area contributed by atoms with Crippen LogP contribution in [0.4, 0.5) is 5.69 Å². The lowest BCUT2D eigenvalue weighted by atomic mass is 9.77. The van der Waals surface area contributed by atoms with Gasteiger partial charge in [0.05, 0.1) is 24.1 Å². The number of ether oxygens (including phenoxy) is 1. The van der Waals surface area contributed by atoms with Crippen LogP contribution in [0.15, 0.2) is 47.2 Å². The number of aryl methyl sites for hydroxylation is 1. The summed E-state index contributed by atoms with van der Waals surface area (Å²) in [6.45, 7) is 6.09. The van der Waals surface area contributed by atoms with Crippen molar-refractivity contribution in [2.75, 3.05) is 31.2 Å². The zero-order valence-corrected chi connectivity index (χ0v) is 17.5. The molecule has 2 aromatic heterocycles. The van der Waals surface area contributed by atoms with E-state index >= 15 is 0 Å². The number of pyridine rings is 1. The summed E-state index contributed by atoms with van der Waals surface area (Å²) < 4.78 is 6.40. The Morgan fingerprint density at radius 1 is 1.07 bits per heavy atom. The first-order valence-electron chi connectivity index (χ1n) is 9.78. The summed E-state index contributed by atoms with van der Waals surface area (Å²) in [5.41, 5.74) is 3.87. The van der Waals surface area contributed by atoms with Crippen LogP contribution in [0.2, 0.25) is 0 Å². The predicted octanol–water partition coefficient (Wildman–Crippen LogP) is 4.50. The molecule has 6 rings (SSSR count). The van der Waals surface area contributed by atoms with Crippen molar-refractivity contribution < 1.29 is 4.74 Å². The van der Waals surface area contributed by atoms with Gasteiger partial charge in [-0.25, -0.2) is 9.97 Å². The molecule has 144 valence electrons. The summed E-state index contributed by atoms with van der Waals surface area (Å²) in [6, 6.07) is 10.3. The summed E-state index contributed by atoms with van der Waals surface area (Å²) in [7, 11) is 0. The summed E-state index contributed by atoms with van der Waals surface area (Å²) in [5.74, 6) is 1.72. The minimum absolute atomic E-state index is 0.449. The van der Waals surface area contributed by atoms with Crippen LogP contribution in [-0.4, -0.2) is 41.3 Å². The first kappa shape index (κ1) is 18.0. The number of hydrogen-bond acceptors (Lipinski definition) is 5. The maximum Gasteiger partial charge on any atom is 0.131 e. The molecule has 0 radical (unpaired) electrons. The van der Waals surface area contributed by atoms with Gasteiger partial charge < -0.3 is 9.64 Å². The number of fused-ring (bicyclic) bond motifs is 1. The van der Waals surface area contributed by atoms with Crippen molar-refractivity contribution in [2.24, 2.45) is 5.41 Å². The molecule has 0 bridgehead atoms. The van der Waals surface area contributed by atoms with Gasteiger partial charge in [-0.15, -0.1) is 0 Å². The van der Waals surface area contributed by atoms with E-state index in [1.807, 2.05) is 25.4 Å². The number of hydrogen-bond donors (Lipinski definition) is 0. The third-order valence-corrected chi connectivity index (χ3v) is 6.14. The zero-order chi connectivity index (χ0) is 19.1. The molecule has 0 N–H and O–H groups in total. The average molecular weight is 439 g/mol. The molecule has 2 saturated heterocycles. The Bertz CT molecular complexity index is 1010. The largest absolute Gasteiger partial charge is 0.380 e. The van der Waals surface area contributed by atoms with Crippen LogP contribution in [0.1, 0.15) is 30.3 Å². The van der Waals surface area contributed by atoms with E-state index in [2.05, 4.69) is 60.0 Å². The summed E-state index contributed by atoms with van der Waals surface area (Å²) in [4.78, 5) is 15.4. The Labute approximate surface area is 173 Å². The Morgan fingerprint density at radius 2 is 1.86 bits per heavy atom. The molecule has 3 aliphatic rings. The zero-order valence-electron chi connectivity index (χ0n) is 15.9. The Balaban J connectivity index is 0.000000145. The van der Waals surface area contributed by atoms with Gasteiger partial charge in [-0.3, -0.25) is 4.98 Å². The number of benzene rings is 1. The van der Waals surface area contributed by atoms with E-state index < -0.39 is 0 Å². The molecule has 1 saturated carbocycles. The molecule has 1 aliphatic carbocycles. The molecular weight excluding hydrogens is 416 g/mol. The number of aromatic nitrogens is 3. The third kappa shape index (κ3) is 3.51. The smallest absolute Gasteiger partial charge is 0.131 e. The van der Waals surface area contributed by atoms with Crippen LogP contribution in [0.5, 0.6) is 0 Å². The fourth-order valence-corrected chi connectivity index (χ4v) is 4.24. The van der Waals surface area contributed by atoms with Gasteiger partial charge in [-0.2, -0.15) is 0 Å². The normalized spacial score (nSPS) is 19.6. The van der Waals surface area contributed by atoms with Crippen LogP contribution in [0, 0.1) is 12.3 Å². The number of halogens is 1. The van der Waals surface area contributed by atoms with Gasteiger partial charge in [0.2, 0.25) is 0 Å².